The number of carbonyl (C=O) groups is 1. The lowest BCUT2D eigenvalue weighted by molar-refractivity contribution is 0.163. The van der Waals surface area contributed by atoms with Crippen LogP contribution >= 0.6 is 0 Å². The van der Waals surface area contributed by atoms with Gasteiger partial charge in [-0.15, -0.1) is 0 Å². The van der Waals surface area contributed by atoms with Crippen molar-refractivity contribution in [3.8, 4) is 5.69 Å². The summed E-state index contributed by atoms with van der Waals surface area (Å²) in [5.74, 6) is -0.288. The predicted octanol–water partition coefficient (Wildman–Crippen LogP) is 2.40. The molecular weight excluding hydrogens is 323 g/mol. The summed E-state index contributed by atoms with van der Waals surface area (Å²) in [7, 11) is 0. The highest BCUT2D eigenvalue weighted by molar-refractivity contribution is 5.74. The normalized spacial score (nSPS) is 13.3. The maximum absolute atomic E-state index is 12.9. The van der Waals surface area contributed by atoms with Crippen molar-refractivity contribution in [1.82, 2.24) is 20.4 Å². The minimum absolute atomic E-state index is 0.101. The van der Waals surface area contributed by atoms with Gasteiger partial charge in [0.25, 0.3) is 0 Å². The molecule has 1 heterocycles. The summed E-state index contributed by atoms with van der Waals surface area (Å²) in [6.07, 6.45) is 3.95. The van der Waals surface area contributed by atoms with Crippen LogP contribution in [0.5, 0.6) is 0 Å². The zero-order chi connectivity index (χ0) is 18.3. The van der Waals surface area contributed by atoms with Crippen molar-refractivity contribution in [2.75, 3.05) is 13.2 Å². The first-order valence-corrected chi connectivity index (χ1v) is 8.43. The van der Waals surface area contributed by atoms with Crippen LogP contribution in [-0.4, -0.2) is 39.6 Å². The lowest BCUT2D eigenvalue weighted by atomic mass is 9.98. The minimum atomic E-state index is -0.608. The average molecular weight is 348 g/mol. The van der Waals surface area contributed by atoms with E-state index in [4.69, 9.17) is 0 Å². The fourth-order valence-electron chi connectivity index (χ4n) is 2.59. The van der Waals surface area contributed by atoms with Gasteiger partial charge in [-0.2, -0.15) is 5.10 Å². The zero-order valence-electron chi connectivity index (χ0n) is 14.6. The van der Waals surface area contributed by atoms with Gasteiger partial charge in [-0.1, -0.05) is 13.3 Å². The Labute approximate surface area is 147 Å². The summed E-state index contributed by atoms with van der Waals surface area (Å²) in [4.78, 5) is 11.9. The van der Waals surface area contributed by atoms with Crippen molar-refractivity contribution in [3.05, 3.63) is 48.0 Å². The van der Waals surface area contributed by atoms with Crippen LogP contribution in [0.4, 0.5) is 9.18 Å². The zero-order valence-corrected chi connectivity index (χ0v) is 14.6. The van der Waals surface area contributed by atoms with E-state index >= 15 is 0 Å². The Morgan fingerprint density at radius 1 is 1.32 bits per heavy atom. The van der Waals surface area contributed by atoms with Crippen LogP contribution in [0.15, 0.2) is 36.5 Å². The van der Waals surface area contributed by atoms with E-state index in [1.54, 1.807) is 23.0 Å². The van der Waals surface area contributed by atoms with E-state index in [2.05, 4.69) is 15.7 Å². The highest BCUT2D eigenvalue weighted by Crippen LogP contribution is 2.11. The maximum atomic E-state index is 12.9. The molecule has 2 rings (SSSR count). The van der Waals surface area contributed by atoms with Gasteiger partial charge in [0.15, 0.2) is 0 Å². The highest BCUT2D eigenvalue weighted by Gasteiger charge is 2.24. The topological polar surface area (TPSA) is 79.2 Å². The Kier molecular flexibility index (Phi) is 6.52. The second kappa shape index (κ2) is 8.62. The van der Waals surface area contributed by atoms with Crippen LogP contribution in [0.3, 0.4) is 0 Å². The number of aliphatic hydroxyl groups is 1. The summed E-state index contributed by atoms with van der Waals surface area (Å²) in [5.41, 5.74) is 0.989. The summed E-state index contributed by atoms with van der Waals surface area (Å²) in [6, 6.07) is 7.64. The number of nitrogens with zero attached hydrogens (tertiary/aromatic N) is 2. The second-order valence-corrected chi connectivity index (χ2v) is 6.33. The first kappa shape index (κ1) is 18.9. The molecule has 0 radical (unpaired) electrons. The number of aromatic nitrogens is 2. The Bertz CT molecular complexity index is 687. The number of benzene rings is 1. The molecular formula is C18H25FN4O2. The average Bonchev–Trinajstić information content (AvgIpc) is 3.04. The van der Waals surface area contributed by atoms with E-state index in [-0.39, 0.29) is 18.5 Å². The molecule has 136 valence electrons. The summed E-state index contributed by atoms with van der Waals surface area (Å²) in [6.45, 7) is 4.15. The monoisotopic (exact) mass is 348 g/mol. The third-order valence-corrected chi connectivity index (χ3v) is 3.97. The van der Waals surface area contributed by atoms with E-state index in [0.29, 0.717) is 19.4 Å². The molecule has 6 nitrogen and oxygen atoms in total. The van der Waals surface area contributed by atoms with E-state index in [0.717, 1.165) is 17.8 Å². The molecule has 1 aromatic heterocycles. The number of nitrogens with one attached hydrogen (secondary N) is 2. The lowest BCUT2D eigenvalue weighted by Gasteiger charge is -2.28. The van der Waals surface area contributed by atoms with Crippen molar-refractivity contribution in [1.29, 1.82) is 0 Å². The fraction of sp³-hybridized carbons (Fsp3) is 0.444. The number of rotatable bonds is 8. The highest BCUT2D eigenvalue weighted by atomic mass is 19.1. The molecule has 1 atom stereocenters. The van der Waals surface area contributed by atoms with Gasteiger partial charge >= 0.3 is 6.03 Å². The Morgan fingerprint density at radius 2 is 2.04 bits per heavy atom. The van der Waals surface area contributed by atoms with Gasteiger partial charge < -0.3 is 15.7 Å². The smallest absolute Gasteiger partial charge is 0.315 e. The van der Waals surface area contributed by atoms with Crippen LogP contribution in [0, 0.1) is 5.82 Å². The van der Waals surface area contributed by atoms with Gasteiger partial charge in [-0.05, 0) is 43.7 Å². The molecule has 0 aliphatic rings. The molecule has 2 aromatic rings. The van der Waals surface area contributed by atoms with E-state index in [1.165, 1.54) is 12.1 Å². The Balaban J connectivity index is 1.82. The van der Waals surface area contributed by atoms with Gasteiger partial charge in [0.1, 0.15) is 5.82 Å². The molecule has 0 aliphatic carbocycles. The van der Waals surface area contributed by atoms with Crippen LogP contribution in [-0.2, 0) is 6.42 Å². The number of hydrogen-bond acceptors (Lipinski definition) is 3. The minimum Gasteiger partial charge on any atom is -0.394 e. The molecule has 0 aliphatic heterocycles. The third-order valence-electron chi connectivity index (χ3n) is 3.97. The third kappa shape index (κ3) is 5.56. The van der Waals surface area contributed by atoms with E-state index in [9.17, 15) is 14.3 Å². The number of hydrogen-bond donors (Lipinski definition) is 3. The molecule has 0 spiro atoms. The lowest BCUT2D eigenvalue weighted by Crippen LogP contribution is -2.52. The van der Waals surface area contributed by atoms with E-state index in [1.807, 2.05) is 19.9 Å². The Hall–Kier alpha value is -2.41. The number of carbonyl (C=O) groups excluding carboxylic acids is 1. The van der Waals surface area contributed by atoms with Crippen LogP contribution < -0.4 is 10.6 Å². The number of halogens is 1. The number of aliphatic hydroxyl groups excluding tert-OH is 1. The predicted molar refractivity (Wildman–Crippen MR) is 94.2 cm³/mol. The van der Waals surface area contributed by atoms with Crippen molar-refractivity contribution in [2.45, 2.75) is 38.6 Å². The van der Waals surface area contributed by atoms with Crippen molar-refractivity contribution in [3.63, 3.8) is 0 Å². The molecule has 1 aromatic carbocycles. The molecule has 0 fully saturated rings. The SMILES string of the molecule is CCCC(C)(CO)NC(=O)NCCc1ccn(-c2ccc(F)cc2)n1. The van der Waals surface area contributed by atoms with Gasteiger partial charge in [-0.25, -0.2) is 13.9 Å². The quantitative estimate of drug-likeness (QED) is 0.685. The molecule has 25 heavy (non-hydrogen) atoms. The first-order valence-electron chi connectivity index (χ1n) is 8.43. The largest absolute Gasteiger partial charge is 0.394 e. The molecule has 1 unspecified atom stereocenters. The second-order valence-electron chi connectivity index (χ2n) is 6.33. The fourth-order valence-corrected chi connectivity index (χ4v) is 2.59. The number of urea groups is 1. The van der Waals surface area contributed by atoms with Crippen LogP contribution in [0.2, 0.25) is 0 Å². The van der Waals surface area contributed by atoms with Gasteiger partial charge in [0.05, 0.1) is 23.5 Å². The van der Waals surface area contributed by atoms with Gasteiger partial charge in [-0.3, -0.25) is 0 Å². The standard InChI is InChI=1S/C18H25FN4O2/c1-3-10-18(2,13-24)21-17(25)20-11-8-15-9-12-23(22-15)16-6-4-14(19)5-7-16/h4-7,9,12,24H,3,8,10-11,13H2,1-2H3,(H2,20,21,25). The molecule has 0 saturated carbocycles. The maximum Gasteiger partial charge on any atom is 0.315 e. The summed E-state index contributed by atoms with van der Waals surface area (Å²) in [5, 5.41) is 19.4. The molecule has 0 bridgehead atoms. The molecule has 0 saturated heterocycles. The van der Waals surface area contributed by atoms with Gasteiger partial charge in [0, 0.05) is 19.2 Å². The van der Waals surface area contributed by atoms with Crippen molar-refractivity contribution >= 4 is 6.03 Å². The molecule has 7 heteroatoms. The molecule has 2 amide bonds. The van der Waals surface area contributed by atoms with Crippen LogP contribution in [0.25, 0.3) is 5.69 Å². The van der Waals surface area contributed by atoms with Gasteiger partial charge in [0.2, 0.25) is 0 Å². The van der Waals surface area contributed by atoms with E-state index < -0.39 is 5.54 Å². The summed E-state index contributed by atoms with van der Waals surface area (Å²) >= 11 is 0. The van der Waals surface area contributed by atoms with Crippen molar-refractivity contribution in [2.24, 2.45) is 0 Å². The summed E-state index contributed by atoms with van der Waals surface area (Å²) < 4.78 is 14.6. The first-order chi connectivity index (χ1) is 12.0. The Morgan fingerprint density at radius 3 is 2.68 bits per heavy atom. The molecule has 3 N–H and O–H groups in total. The van der Waals surface area contributed by atoms with Crippen LogP contribution in [0.1, 0.15) is 32.4 Å². The van der Waals surface area contributed by atoms with Crippen molar-refractivity contribution < 1.29 is 14.3 Å². The number of amides is 2.